The molecule has 0 saturated carbocycles. The Morgan fingerprint density at radius 3 is 2.41 bits per heavy atom. The minimum absolute atomic E-state index is 0.278. The van der Waals surface area contributed by atoms with E-state index in [9.17, 15) is 0 Å². The molecule has 0 radical (unpaired) electrons. The number of methoxy groups -OCH3 is 1. The Labute approximate surface area is 109 Å². The predicted molar refractivity (Wildman–Crippen MR) is 75.8 cm³/mol. The molecule has 0 aliphatic heterocycles. The van der Waals surface area contributed by atoms with Crippen LogP contribution in [0.3, 0.4) is 0 Å². The van der Waals surface area contributed by atoms with Crippen LogP contribution in [0.1, 0.15) is 26.7 Å². The summed E-state index contributed by atoms with van der Waals surface area (Å²) in [6.45, 7) is 5.22. The smallest absolute Gasteiger partial charge is 0.118 e. The Kier molecular flexibility index (Phi) is 5.86. The topological polar surface area (TPSA) is 35.2 Å². The predicted octanol–water partition coefficient (Wildman–Crippen LogP) is 3.55. The van der Waals surface area contributed by atoms with Crippen molar-refractivity contribution < 1.29 is 4.74 Å². The summed E-state index contributed by atoms with van der Waals surface area (Å²) in [6.07, 6.45) is 2.40. The second-order valence-electron chi connectivity index (χ2n) is 5.00. The molecule has 17 heavy (non-hydrogen) atoms. The fourth-order valence-electron chi connectivity index (χ4n) is 1.51. The molecule has 0 amide bonds. The van der Waals surface area contributed by atoms with Crippen LogP contribution in [0.15, 0.2) is 29.2 Å². The van der Waals surface area contributed by atoms with Crippen molar-refractivity contribution in [3.05, 3.63) is 24.3 Å². The van der Waals surface area contributed by atoms with Crippen LogP contribution in [0.4, 0.5) is 0 Å². The molecule has 0 heterocycles. The Bertz CT molecular complexity index is 321. The van der Waals surface area contributed by atoms with Crippen molar-refractivity contribution in [2.75, 3.05) is 19.4 Å². The lowest BCUT2D eigenvalue weighted by Crippen LogP contribution is -2.23. The van der Waals surface area contributed by atoms with Gasteiger partial charge in [0.15, 0.2) is 0 Å². The average Bonchev–Trinajstić information content (AvgIpc) is 2.35. The van der Waals surface area contributed by atoms with Gasteiger partial charge in [-0.05, 0) is 54.8 Å². The van der Waals surface area contributed by atoms with Crippen molar-refractivity contribution in [2.45, 2.75) is 31.6 Å². The number of nitrogens with two attached hydrogens (primary N) is 1. The fourth-order valence-corrected chi connectivity index (χ4v) is 2.37. The van der Waals surface area contributed by atoms with E-state index in [2.05, 4.69) is 26.0 Å². The van der Waals surface area contributed by atoms with E-state index >= 15 is 0 Å². The summed E-state index contributed by atoms with van der Waals surface area (Å²) in [5.74, 6) is 2.06. The van der Waals surface area contributed by atoms with Crippen LogP contribution in [0.5, 0.6) is 5.75 Å². The highest BCUT2D eigenvalue weighted by Gasteiger charge is 2.14. The van der Waals surface area contributed by atoms with Gasteiger partial charge in [-0.1, -0.05) is 13.8 Å². The van der Waals surface area contributed by atoms with Crippen LogP contribution in [0.2, 0.25) is 0 Å². The number of rotatable bonds is 7. The van der Waals surface area contributed by atoms with E-state index in [1.54, 1.807) is 7.11 Å². The molecular weight excluding hydrogens is 230 g/mol. The van der Waals surface area contributed by atoms with E-state index in [0.717, 1.165) is 18.0 Å². The number of thioether (sulfide) groups is 1. The van der Waals surface area contributed by atoms with Crippen molar-refractivity contribution in [3.63, 3.8) is 0 Å². The summed E-state index contributed by atoms with van der Waals surface area (Å²) in [5, 5.41) is 0. The summed E-state index contributed by atoms with van der Waals surface area (Å²) in [4.78, 5) is 1.30. The summed E-state index contributed by atoms with van der Waals surface area (Å²) in [5.41, 5.74) is 5.99. The normalized spacial score (nSPS) is 11.5. The lowest BCUT2D eigenvalue weighted by molar-refractivity contribution is 0.345. The first kappa shape index (κ1) is 14.4. The molecule has 0 aliphatic rings. The third-order valence-electron chi connectivity index (χ3n) is 2.88. The van der Waals surface area contributed by atoms with Crippen LogP contribution in [0, 0.1) is 5.41 Å². The van der Waals surface area contributed by atoms with Crippen LogP contribution in [-0.4, -0.2) is 19.4 Å². The fraction of sp³-hybridized carbons (Fsp3) is 0.571. The molecule has 0 atom stereocenters. The van der Waals surface area contributed by atoms with Gasteiger partial charge in [0.05, 0.1) is 7.11 Å². The molecule has 0 unspecified atom stereocenters. The number of hydrogen-bond donors (Lipinski definition) is 1. The van der Waals surface area contributed by atoms with Crippen LogP contribution >= 0.6 is 11.8 Å². The van der Waals surface area contributed by atoms with Gasteiger partial charge in [0.25, 0.3) is 0 Å². The molecule has 96 valence electrons. The van der Waals surface area contributed by atoms with Gasteiger partial charge in [-0.2, -0.15) is 0 Å². The molecule has 0 fully saturated rings. The molecule has 0 bridgehead atoms. The van der Waals surface area contributed by atoms with Gasteiger partial charge < -0.3 is 10.5 Å². The second kappa shape index (κ2) is 6.92. The van der Waals surface area contributed by atoms with E-state index < -0.39 is 0 Å². The molecule has 1 aromatic rings. The van der Waals surface area contributed by atoms with E-state index in [0.29, 0.717) is 0 Å². The zero-order valence-electron chi connectivity index (χ0n) is 11.0. The van der Waals surface area contributed by atoms with E-state index in [-0.39, 0.29) is 5.41 Å². The standard InChI is InChI=1S/C14H23NOS/c1-14(2,11-15)9-4-10-17-13-7-5-12(16-3)6-8-13/h5-8H,4,9-11,15H2,1-3H3. The second-order valence-corrected chi connectivity index (χ2v) is 6.16. The first-order chi connectivity index (χ1) is 8.07. The molecule has 0 aromatic heterocycles. The van der Waals surface area contributed by atoms with Gasteiger partial charge in [-0.15, -0.1) is 11.8 Å². The molecule has 2 nitrogen and oxygen atoms in total. The summed E-state index contributed by atoms with van der Waals surface area (Å²) < 4.78 is 5.13. The maximum absolute atomic E-state index is 5.71. The highest BCUT2D eigenvalue weighted by molar-refractivity contribution is 7.99. The van der Waals surface area contributed by atoms with Crippen molar-refractivity contribution in [1.29, 1.82) is 0 Å². The number of benzene rings is 1. The largest absolute Gasteiger partial charge is 0.497 e. The molecule has 1 aromatic carbocycles. The van der Waals surface area contributed by atoms with Crippen molar-refractivity contribution in [1.82, 2.24) is 0 Å². The number of hydrogen-bond acceptors (Lipinski definition) is 3. The molecule has 0 aliphatic carbocycles. The van der Waals surface area contributed by atoms with E-state index in [4.69, 9.17) is 10.5 Å². The average molecular weight is 253 g/mol. The summed E-state index contributed by atoms with van der Waals surface area (Å²) in [7, 11) is 1.69. The highest BCUT2D eigenvalue weighted by atomic mass is 32.2. The Balaban J connectivity index is 2.26. The third kappa shape index (κ3) is 5.46. The minimum atomic E-state index is 0.278. The van der Waals surface area contributed by atoms with Crippen LogP contribution < -0.4 is 10.5 Å². The quantitative estimate of drug-likeness (QED) is 0.596. The lowest BCUT2D eigenvalue weighted by Gasteiger charge is -2.21. The van der Waals surface area contributed by atoms with Crippen molar-refractivity contribution in [2.24, 2.45) is 11.1 Å². The third-order valence-corrected chi connectivity index (χ3v) is 3.98. The van der Waals surface area contributed by atoms with Gasteiger partial charge in [0.1, 0.15) is 5.75 Å². The Morgan fingerprint density at radius 1 is 1.24 bits per heavy atom. The van der Waals surface area contributed by atoms with E-state index in [1.165, 1.54) is 17.7 Å². The molecular formula is C14H23NOS. The molecule has 1 rings (SSSR count). The maximum atomic E-state index is 5.71. The number of ether oxygens (including phenoxy) is 1. The summed E-state index contributed by atoms with van der Waals surface area (Å²) >= 11 is 1.89. The van der Waals surface area contributed by atoms with Gasteiger partial charge in [0, 0.05) is 4.90 Å². The van der Waals surface area contributed by atoms with Gasteiger partial charge in [-0.3, -0.25) is 0 Å². The lowest BCUT2D eigenvalue weighted by atomic mass is 9.88. The Morgan fingerprint density at radius 2 is 1.88 bits per heavy atom. The SMILES string of the molecule is COc1ccc(SCCCC(C)(C)CN)cc1. The van der Waals surface area contributed by atoms with Crippen molar-refractivity contribution in [3.8, 4) is 5.75 Å². The highest BCUT2D eigenvalue weighted by Crippen LogP contribution is 2.25. The van der Waals surface area contributed by atoms with Crippen LogP contribution in [0.25, 0.3) is 0 Å². The zero-order chi connectivity index (χ0) is 12.7. The first-order valence-electron chi connectivity index (χ1n) is 6.04. The summed E-state index contributed by atoms with van der Waals surface area (Å²) in [6, 6.07) is 8.23. The van der Waals surface area contributed by atoms with Gasteiger partial charge in [-0.25, -0.2) is 0 Å². The van der Waals surface area contributed by atoms with E-state index in [1.807, 2.05) is 23.9 Å². The molecule has 0 saturated heterocycles. The molecule has 0 spiro atoms. The molecule has 3 heteroatoms. The van der Waals surface area contributed by atoms with Gasteiger partial charge in [0.2, 0.25) is 0 Å². The molecule has 2 N–H and O–H groups in total. The first-order valence-corrected chi connectivity index (χ1v) is 7.03. The maximum Gasteiger partial charge on any atom is 0.118 e. The monoisotopic (exact) mass is 253 g/mol. The Hall–Kier alpha value is -0.670. The zero-order valence-corrected chi connectivity index (χ0v) is 11.8. The van der Waals surface area contributed by atoms with Gasteiger partial charge >= 0.3 is 0 Å². The van der Waals surface area contributed by atoms with Crippen LogP contribution in [-0.2, 0) is 0 Å². The minimum Gasteiger partial charge on any atom is -0.497 e. The van der Waals surface area contributed by atoms with Crippen molar-refractivity contribution >= 4 is 11.8 Å².